The Bertz CT molecular complexity index is 571. The predicted molar refractivity (Wildman–Crippen MR) is 75.2 cm³/mol. The highest BCUT2D eigenvalue weighted by Gasteiger charge is 2.36. The van der Waals surface area contributed by atoms with Gasteiger partial charge in [-0.1, -0.05) is 0 Å². The van der Waals surface area contributed by atoms with Crippen LogP contribution in [-0.4, -0.2) is 52.5 Å². The minimum absolute atomic E-state index is 0.0509. The molecule has 0 aromatic carbocycles. The van der Waals surface area contributed by atoms with Crippen molar-refractivity contribution in [2.75, 3.05) is 20.1 Å². The molecule has 2 bridgehead atoms. The number of hydrogen-bond donors (Lipinski definition) is 0. The van der Waals surface area contributed by atoms with Gasteiger partial charge in [-0.15, -0.1) is 0 Å². The maximum absolute atomic E-state index is 12.7. The molecule has 0 radical (unpaired) electrons. The molecule has 0 N–H and O–H groups in total. The Labute approximate surface area is 119 Å². The van der Waals surface area contributed by atoms with Crippen LogP contribution in [0, 0.1) is 11.3 Å². The van der Waals surface area contributed by atoms with Crippen LogP contribution in [0.15, 0.2) is 12.3 Å². The van der Waals surface area contributed by atoms with Crippen LogP contribution in [0.25, 0.3) is 0 Å². The Balaban J connectivity index is 1.80. The minimum Gasteiger partial charge on any atom is -0.345 e. The zero-order chi connectivity index (χ0) is 14.3. The predicted octanol–water partition coefficient (Wildman–Crippen LogP) is 1.21. The average molecular weight is 272 g/mol. The number of likely N-dealkylation sites (N-methyl/N-ethyl adjacent to an activating group) is 1. The maximum Gasteiger partial charge on any atom is 0.270 e. The third-order valence-electron chi connectivity index (χ3n) is 4.79. The molecule has 3 heterocycles. The summed E-state index contributed by atoms with van der Waals surface area (Å²) in [7, 11) is 4.00. The van der Waals surface area contributed by atoms with Gasteiger partial charge in [0.1, 0.15) is 11.8 Å². The third-order valence-corrected chi connectivity index (χ3v) is 4.79. The lowest BCUT2D eigenvalue weighted by atomic mass is 10.1. The Kier molecular flexibility index (Phi) is 3.27. The molecule has 106 valence electrons. The molecule has 3 rings (SSSR count). The first-order chi connectivity index (χ1) is 9.60. The smallest absolute Gasteiger partial charge is 0.270 e. The van der Waals surface area contributed by atoms with Gasteiger partial charge in [0.05, 0.1) is 5.56 Å². The molecule has 2 saturated heterocycles. The van der Waals surface area contributed by atoms with Crippen LogP contribution in [0.1, 0.15) is 35.3 Å². The molecule has 1 aromatic heterocycles. The number of likely N-dealkylation sites (tertiary alicyclic amines) is 1. The van der Waals surface area contributed by atoms with Crippen LogP contribution in [0.4, 0.5) is 0 Å². The van der Waals surface area contributed by atoms with Crippen molar-refractivity contribution in [3.05, 3.63) is 23.5 Å². The van der Waals surface area contributed by atoms with Crippen molar-refractivity contribution in [1.82, 2.24) is 14.4 Å². The monoisotopic (exact) mass is 272 g/mol. The lowest BCUT2D eigenvalue weighted by Gasteiger charge is -2.25. The molecule has 0 spiro atoms. The van der Waals surface area contributed by atoms with Crippen molar-refractivity contribution in [3.8, 4) is 6.07 Å². The molecule has 2 unspecified atom stereocenters. The fourth-order valence-electron chi connectivity index (χ4n) is 3.49. The van der Waals surface area contributed by atoms with Gasteiger partial charge in [0, 0.05) is 38.4 Å². The second-order valence-corrected chi connectivity index (χ2v) is 5.93. The van der Waals surface area contributed by atoms with Crippen molar-refractivity contribution in [1.29, 1.82) is 5.26 Å². The van der Waals surface area contributed by atoms with E-state index in [-0.39, 0.29) is 5.91 Å². The lowest BCUT2D eigenvalue weighted by Crippen LogP contribution is -2.40. The first kappa shape index (κ1) is 13.2. The van der Waals surface area contributed by atoms with Gasteiger partial charge in [0.25, 0.3) is 5.91 Å². The molecular weight excluding hydrogens is 252 g/mol. The first-order valence-corrected chi connectivity index (χ1v) is 7.18. The standard InChI is InChI=1S/C15H20N4O/c1-17-9-11(8-16)7-14(17)15(20)19-6-5-12-3-4-13(10-19)18(12)2/h7,9,12-13H,3-6,10H2,1-2H3. The van der Waals surface area contributed by atoms with E-state index in [1.807, 2.05) is 11.9 Å². The fourth-order valence-corrected chi connectivity index (χ4v) is 3.49. The van der Waals surface area contributed by atoms with Crippen LogP contribution in [0.2, 0.25) is 0 Å². The lowest BCUT2D eigenvalue weighted by molar-refractivity contribution is 0.0730. The highest BCUT2D eigenvalue weighted by atomic mass is 16.2. The summed E-state index contributed by atoms with van der Waals surface area (Å²) in [6.07, 6.45) is 5.20. The van der Waals surface area contributed by atoms with E-state index < -0.39 is 0 Å². The van der Waals surface area contributed by atoms with Gasteiger partial charge in [-0.05, 0) is 32.4 Å². The van der Waals surface area contributed by atoms with Crippen molar-refractivity contribution in [2.24, 2.45) is 7.05 Å². The van der Waals surface area contributed by atoms with Crippen molar-refractivity contribution in [2.45, 2.75) is 31.3 Å². The van der Waals surface area contributed by atoms with E-state index in [9.17, 15) is 4.79 Å². The van der Waals surface area contributed by atoms with Crippen molar-refractivity contribution >= 4 is 5.91 Å². The number of carbonyl (C=O) groups is 1. The number of amides is 1. The van der Waals surface area contributed by atoms with E-state index in [4.69, 9.17) is 5.26 Å². The summed E-state index contributed by atoms with van der Waals surface area (Å²) in [4.78, 5) is 17.0. The van der Waals surface area contributed by atoms with Crippen LogP contribution < -0.4 is 0 Å². The highest BCUT2D eigenvalue weighted by molar-refractivity contribution is 5.93. The van der Waals surface area contributed by atoms with Gasteiger partial charge in [-0.2, -0.15) is 5.26 Å². The fraction of sp³-hybridized carbons (Fsp3) is 0.600. The minimum atomic E-state index is 0.0509. The SMILES string of the molecule is CN1C2CCC1CN(C(=O)c1cc(C#N)cn1C)CC2. The number of aromatic nitrogens is 1. The second kappa shape index (κ2) is 4.95. The summed E-state index contributed by atoms with van der Waals surface area (Å²) < 4.78 is 1.76. The molecule has 5 heteroatoms. The first-order valence-electron chi connectivity index (χ1n) is 7.18. The summed E-state index contributed by atoms with van der Waals surface area (Å²) in [6, 6.07) is 4.90. The molecule has 1 aromatic rings. The quantitative estimate of drug-likeness (QED) is 0.772. The molecule has 2 aliphatic heterocycles. The number of carbonyl (C=O) groups excluding carboxylic acids is 1. The third kappa shape index (κ3) is 2.10. The van der Waals surface area contributed by atoms with Gasteiger partial charge >= 0.3 is 0 Å². The Morgan fingerprint density at radius 3 is 2.75 bits per heavy atom. The van der Waals surface area contributed by atoms with Gasteiger partial charge < -0.3 is 9.47 Å². The number of hydrogen-bond acceptors (Lipinski definition) is 3. The molecule has 5 nitrogen and oxygen atoms in total. The molecule has 1 amide bonds. The Morgan fingerprint density at radius 1 is 1.30 bits per heavy atom. The van der Waals surface area contributed by atoms with Gasteiger partial charge in [-0.25, -0.2) is 0 Å². The molecule has 0 aliphatic carbocycles. The average Bonchev–Trinajstić information content (AvgIpc) is 2.90. The number of aryl methyl sites for hydroxylation is 1. The van der Waals surface area contributed by atoms with E-state index >= 15 is 0 Å². The second-order valence-electron chi connectivity index (χ2n) is 5.93. The largest absolute Gasteiger partial charge is 0.345 e. The number of nitrogens with zero attached hydrogens (tertiary/aromatic N) is 4. The van der Waals surface area contributed by atoms with E-state index in [1.54, 1.807) is 16.8 Å². The van der Waals surface area contributed by atoms with E-state index in [0.29, 0.717) is 23.3 Å². The van der Waals surface area contributed by atoms with Crippen molar-refractivity contribution < 1.29 is 4.79 Å². The Hall–Kier alpha value is -1.80. The van der Waals surface area contributed by atoms with Gasteiger partial charge in [0.2, 0.25) is 0 Å². The van der Waals surface area contributed by atoms with E-state index in [1.165, 1.54) is 12.8 Å². The van der Waals surface area contributed by atoms with Crippen LogP contribution in [0.3, 0.4) is 0 Å². The maximum atomic E-state index is 12.7. The molecule has 0 saturated carbocycles. The molecular formula is C15H20N4O. The molecule has 2 aliphatic rings. The van der Waals surface area contributed by atoms with E-state index in [0.717, 1.165) is 19.5 Å². The summed E-state index contributed by atoms with van der Waals surface area (Å²) in [6.45, 7) is 1.62. The Morgan fingerprint density at radius 2 is 2.05 bits per heavy atom. The molecule has 2 fully saturated rings. The zero-order valence-corrected chi connectivity index (χ0v) is 12.0. The number of nitriles is 1. The van der Waals surface area contributed by atoms with Gasteiger partial charge in [0.15, 0.2) is 0 Å². The molecule has 2 atom stereocenters. The summed E-state index contributed by atoms with van der Waals surface area (Å²) in [5, 5.41) is 8.94. The zero-order valence-electron chi connectivity index (χ0n) is 12.0. The molecule has 20 heavy (non-hydrogen) atoms. The van der Waals surface area contributed by atoms with E-state index in [2.05, 4.69) is 18.0 Å². The highest BCUT2D eigenvalue weighted by Crippen LogP contribution is 2.29. The normalized spacial score (nSPS) is 26.4. The summed E-state index contributed by atoms with van der Waals surface area (Å²) in [5.41, 5.74) is 1.16. The summed E-state index contributed by atoms with van der Waals surface area (Å²) >= 11 is 0. The number of rotatable bonds is 1. The van der Waals surface area contributed by atoms with Crippen LogP contribution in [-0.2, 0) is 7.05 Å². The van der Waals surface area contributed by atoms with Crippen molar-refractivity contribution in [3.63, 3.8) is 0 Å². The van der Waals surface area contributed by atoms with Gasteiger partial charge in [-0.3, -0.25) is 9.69 Å². The van der Waals surface area contributed by atoms with Crippen LogP contribution in [0.5, 0.6) is 0 Å². The number of fused-ring (bicyclic) bond motifs is 2. The summed E-state index contributed by atoms with van der Waals surface area (Å²) in [5.74, 6) is 0.0509. The topological polar surface area (TPSA) is 52.3 Å². The van der Waals surface area contributed by atoms with Crippen LogP contribution >= 0.6 is 0 Å².